The van der Waals surface area contributed by atoms with Gasteiger partial charge in [-0.05, 0) is 40.2 Å². The molecule has 0 spiro atoms. The number of thioether (sulfide) groups is 1. The number of pyridine rings is 1. The van der Waals surface area contributed by atoms with E-state index < -0.39 is 0 Å². The molecule has 2 heterocycles. The number of aromatic nitrogens is 1. The average Bonchev–Trinajstić information content (AvgIpc) is 2.82. The number of benzene rings is 1. The van der Waals surface area contributed by atoms with Crippen molar-refractivity contribution < 1.29 is 0 Å². The molecule has 17 heavy (non-hydrogen) atoms. The predicted molar refractivity (Wildman–Crippen MR) is 78.8 cm³/mol. The van der Waals surface area contributed by atoms with Gasteiger partial charge in [-0.2, -0.15) is 11.8 Å². The zero-order valence-electron chi connectivity index (χ0n) is 9.32. The van der Waals surface area contributed by atoms with Crippen molar-refractivity contribution in [3.05, 3.63) is 34.9 Å². The van der Waals surface area contributed by atoms with E-state index >= 15 is 0 Å². The molecular weight excluding hydrogens is 296 g/mol. The maximum atomic E-state index is 4.51. The van der Waals surface area contributed by atoms with Gasteiger partial charge in [0.1, 0.15) is 0 Å². The molecule has 1 N–H and O–H groups in total. The van der Waals surface area contributed by atoms with Gasteiger partial charge in [-0.1, -0.05) is 12.1 Å². The van der Waals surface area contributed by atoms with Crippen LogP contribution in [0.1, 0.15) is 6.42 Å². The summed E-state index contributed by atoms with van der Waals surface area (Å²) in [7, 11) is 0. The summed E-state index contributed by atoms with van der Waals surface area (Å²) < 4.78 is 1.03. The molecule has 1 aliphatic rings. The molecule has 0 aliphatic carbocycles. The minimum Gasteiger partial charge on any atom is -0.380 e. The second-order valence-electron chi connectivity index (χ2n) is 4.24. The maximum absolute atomic E-state index is 4.51. The minimum absolute atomic E-state index is 0.594. The summed E-state index contributed by atoms with van der Waals surface area (Å²) in [6.07, 6.45) is 3.11. The largest absolute Gasteiger partial charge is 0.380 e. The fourth-order valence-electron chi connectivity index (χ4n) is 2.12. The van der Waals surface area contributed by atoms with Gasteiger partial charge < -0.3 is 5.32 Å². The van der Waals surface area contributed by atoms with Crippen molar-refractivity contribution in [2.24, 2.45) is 0 Å². The van der Waals surface area contributed by atoms with Crippen LogP contribution in [0, 0.1) is 0 Å². The fourth-order valence-corrected chi connectivity index (χ4v) is 3.62. The van der Waals surface area contributed by atoms with Crippen LogP contribution in [0.5, 0.6) is 0 Å². The van der Waals surface area contributed by atoms with E-state index in [9.17, 15) is 0 Å². The summed E-state index contributed by atoms with van der Waals surface area (Å²) in [4.78, 5) is 4.51. The summed E-state index contributed by atoms with van der Waals surface area (Å²) in [6, 6.07) is 9.00. The van der Waals surface area contributed by atoms with Crippen molar-refractivity contribution in [3.8, 4) is 0 Å². The number of fused-ring (bicyclic) bond motifs is 1. The third kappa shape index (κ3) is 2.43. The number of nitrogens with zero attached hydrogens (tertiary/aromatic N) is 1. The van der Waals surface area contributed by atoms with Crippen molar-refractivity contribution in [1.29, 1.82) is 0 Å². The number of rotatable bonds is 2. The van der Waals surface area contributed by atoms with Crippen LogP contribution in [-0.4, -0.2) is 22.5 Å². The third-order valence-electron chi connectivity index (χ3n) is 2.97. The monoisotopic (exact) mass is 308 g/mol. The lowest BCUT2D eigenvalue weighted by Crippen LogP contribution is -2.18. The van der Waals surface area contributed by atoms with Crippen LogP contribution in [0.15, 0.2) is 34.9 Å². The Morgan fingerprint density at radius 2 is 2.35 bits per heavy atom. The number of hydrogen-bond donors (Lipinski definition) is 1. The molecule has 0 radical (unpaired) electrons. The van der Waals surface area contributed by atoms with Crippen molar-refractivity contribution in [2.75, 3.05) is 16.8 Å². The lowest BCUT2D eigenvalue weighted by Gasteiger charge is -2.14. The van der Waals surface area contributed by atoms with Gasteiger partial charge in [0, 0.05) is 27.9 Å². The summed E-state index contributed by atoms with van der Waals surface area (Å²) in [6.45, 7) is 0. The number of nitrogens with one attached hydrogen (secondary N) is 1. The molecule has 1 aromatic carbocycles. The first-order valence-corrected chi connectivity index (χ1v) is 7.66. The highest BCUT2D eigenvalue weighted by molar-refractivity contribution is 9.10. The van der Waals surface area contributed by atoms with E-state index in [2.05, 4.69) is 50.5 Å². The van der Waals surface area contributed by atoms with Crippen LogP contribution < -0.4 is 5.32 Å². The third-order valence-corrected chi connectivity index (χ3v) is 4.56. The van der Waals surface area contributed by atoms with E-state index in [1.54, 1.807) is 0 Å². The van der Waals surface area contributed by atoms with Gasteiger partial charge in [0.2, 0.25) is 0 Å². The molecule has 0 amide bonds. The maximum Gasteiger partial charge on any atom is 0.0934 e. The van der Waals surface area contributed by atoms with Gasteiger partial charge in [0.05, 0.1) is 11.2 Å². The van der Waals surface area contributed by atoms with Crippen LogP contribution in [-0.2, 0) is 0 Å². The topological polar surface area (TPSA) is 24.9 Å². The SMILES string of the molecule is Brc1cnc2c(NC3CCSC3)cccc2c1. The molecule has 1 aromatic heterocycles. The molecule has 4 heteroatoms. The summed E-state index contributed by atoms with van der Waals surface area (Å²) in [5.41, 5.74) is 2.22. The average molecular weight is 309 g/mol. The zero-order valence-corrected chi connectivity index (χ0v) is 11.7. The minimum atomic E-state index is 0.594. The highest BCUT2D eigenvalue weighted by atomic mass is 79.9. The zero-order chi connectivity index (χ0) is 11.7. The molecule has 1 unspecified atom stereocenters. The summed E-state index contributed by atoms with van der Waals surface area (Å²) in [5.74, 6) is 2.47. The van der Waals surface area contributed by atoms with E-state index in [4.69, 9.17) is 0 Å². The van der Waals surface area contributed by atoms with Crippen LogP contribution in [0.2, 0.25) is 0 Å². The molecule has 1 atom stereocenters. The lowest BCUT2D eigenvalue weighted by molar-refractivity contribution is 0.814. The lowest BCUT2D eigenvalue weighted by atomic mass is 10.1. The van der Waals surface area contributed by atoms with E-state index in [0.29, 0.717) is 6.04 Å². The smallest absolute Gasteiger partial charge is 0.0934 e. The quantitative estimate of drug-likeness (QED) is 0.910. The van der Waals surface area contributed by atoms with Gasteiger partial charge >= 0.3 is 0 Å². The molecular formula is C13H13BrN2S. The van der Waals surface area contributed by atoms with E-state index in [-0.39, 0.29) is 0 Å². The highest BCUT2D eigenvalue weighted by Gasteiger charge is 2.16. The first kappa shape index (κ1) is 11.4. The predicted octanol–water partition coefficient (Wildman–Crippen LogP) is 3.91. The fraction of sp³-hybridized carbons (Fsp3) is 0.308. The second-order valence-corrected chi connectivity index (χ2v) is 6.30. The Balaban J connectivity index is 1.97. The summed E-state index contributed by atoms with van der Waals surface area (Å²) >= 11 is 5.48. The van der Waals surface area contributed by atoms with Crippen molar-refractivity contribution in [1.82, 2.24) is 4.98 Å². The second kappa shape index (κ2) is 4.86. The van der Waals surface area contributed by atoms with Crippen LogP contribution >= 0.6 is 27.7 Å². The van der Waals surface area contributed by atoms with E-state index in [1.807, 2.05) is 18.0 Å². The molecule has 1 aliphatic heterocycles. The van der Waals surface area contributed by atoms with Gasteiger partial charge in [0.25, 0.3) is 0 Å². The van der Waals surface area contributed by atoms with Crippen LogP contribution in [0.3, 0.4) is 0 Å². The Labute approximate surface area is 113 Å². The van der Waals surface area contributed by atoms with Crippen molar-refractivity contribution in [2.45, 2.75) is 12.5 Å². The van der Waals surface area contributed by atoms with Crippen LogP contribution in [0.4, 0.5) is 5.69 Å². The van der Waals surface area contributed by atoms with Crippen molar-refractivity contribution >= 4 is 44.3 Å². The highest BCUT2D eigenvalue weighted by Crippen LogP contribution is 2.27. The number of para-hydroxylation sites is 1. The Hall–Kier alpha value is -0.740. The molecule has 88 valence electrons. The molecule has 0 saturated carbocycles. The Morgan fingerprint density at radius 3 is 3.18 bits per heavy atom. The molecule has 3 rings (SSSR count). The first-order valence-electron chi connectivity index (χ1n) is 5.71. The molecule has 2 aromatic rings. The number of hydrogen-bond acceptors (Lipinski definition) is 3. The van der Waals surface area contributed by atoms with Gasteiger partial charge in [0.15, 0.2) is 0 Å². The van der Waals surface area contributed by atoms with Gasteiger partial charge in [-0.25, -0.2) is 0 Å². The number of halogens is 1. The normalized spacial score (nSPS) is 19.7. The Kier molecular flexibility index (Phi) is 3.25. The summed E-state index contributed by atoms with van der Waals surface area (Å²) in [5, 5.41) is 4.78. The molecule has 2 nitrogen and oxygen atoms in total. The standard InChI is InChI=1S/C13H13BrN2S/c14-10-6-9-2-1-3-12(13(9)15-7-10)16-11-4-5-17-8-11/h1-3,6-7,11,16H,4-5,8H2. The van der Waals surface area contributed by atoms with Crippen molar-refractivity contribution in [3.63, 3.8) is 0 Å². The van der Waals surface area contributed by atoms with Gasteiger partial charge in [-0.3, -0.25) is 4.98 Å². The Morgan fingerprint density at radius 1 is 1.41 bits per heavy atom. The molecule has 1 saturated heterocycles. The van der Waals surface area contributed by atoms with E-state index in [1.165, 1.54) is 23.3 Å². The molecule has 0 bridgehead atoms. The Bertz CT molecular complexity index is 538. The van der Waals surface area contributed by atoms with Crippen LogP contribution in [0.25, 0.3) is 10.9 Å². The molecule has 1 fully saturated rings. The van der Waals surface area contributed by atoms with E-state index in [0.717, 1.165) is 15.7 Å². The number of anilines is 1. The first-order chi connectivity index (χ1) is 8.33. The van der Waals surface area contributed by atoms with Gasteiger partial charge in [-0.15, -0.1) is 0 Å².